The molecule has 1 atom stereocenters. The highest BCUT2D eigenvalue weighted by atomic mass is 16.4. The molecule has 18 heavy (non-hydrogen) atoms. The minimum atomic E-state index is -1.19. The number of aliphatic carboxylic acids is 1. The number of rotatable bonds is 3. The Morgan fingerprint density at radius 1 is 1.39 bits per heavy atom. The van der Waals surface area contributed by atoms with Crippen LogP contribution in [0.25, 0.3) is 0 Å². The Morgan fingerprint density at radius 3 is 2.39 bits per heavy atom. The molecule has 0 saturated carbocycles. The van der Waals surface area contributed by atoms with Gasteiger partial charge >= 0.3 is 5.97 Å². The van der Waals surface area contributed by atoms with E-state index in [9.17, 15) is 14.7 Å². The monoisotopic (exact) mass is 256 g/mol. The normalized spacial score (nSPS) is 23.5. The number of likely N-dealkylation sites (N-methyl/N-ethyl adjacent to an activating group) is 1. The first-order valence-corrected chi connectivity index (χ1v) is 6.35. The maximum absolute atomic E-state index is 12.5. The SMILES string of the molecule is CN(C(=O)C1NCCCC1(C)C)C(C)(C)C(=O)O. The number of nitrogens with one attached hydrogen (secondary N) is 1. The Hall–Kier alpha value is -1.10. The Bertz CT molecular complexity index is 350. The number of carbonyl (C=O) groups is 2. The first-order chi connectivity index (χ1) is 8.10. The molecule has 2 N–H and O–H groups in total. The van der Waals surface area contributed by atoms with Crippen LogP contribution in [0.2, 0.25) is 0 Å². The quantitative estimate of drug-likeness (QED) is 0.793. The van der Waals surface area contributed by atoms with Crippen molar-refractivity contribution < 1.29 is 14.7 Å². The molecule has 0 spiro atoms. The van der Waals surface area contributed by atoms with Crippen molar-refractivity contribution in [3.63, 3.8) is 0 Å². The average molecular weight is 256 g/mol. The zero-order chi connectivity index (χ0) is 14.1. The van der Waals surface area contributed by atoms with Crippen molar-refractivity contribution in [2.75, 3.05) is 13.6 Å². The van der Waals surface area contributed by atoms with E-state index in [0.29, 0.717) is 0 Å². The largest absolute Gasteiger partial charge is 0.480 e. The van der Waals surface area contributed by atoms with Gasteiger partial charge in [-0.25, -0.2) is 4.79 Å². The predicted octanol–water partition coefficient (Wildman–Crippen LogP) is 1.09. The summed E-state index contributed by atoms with van der Waals surface area (Å²) in [5.41, 5.74) is -1.33. The number of amides is 1. The number of carboxylic acids is 1. The topological polar surface area (TPSA) is 69.6 Å². The van der Waals surface area contributed by atoms with Crippen LogP contribution in [0, 0.1) is 5.41 Å². The van der Waals surface area contributed by atoms with E-state index in [-0.39, 0.29) is 17.4 Å². The first kappa shape index (κ1) is 15.0. The lowest BCUT2D eigenvalue weighted by Gasteiger charge is -2.42. The third-order valence-electron chi connectivity index (χ3n) is 4.07. The van der Waals surface area contributed by atoms with E-state index in [1.165, 1.54) is 4.90 Å². The number of hydrogen-bond acceptors (Lipinski definition) is 3. The fraction of sp³-hybridized carbons (Fsp3) is 0.846. The molecule has 0 aromatic carbocycles. The van der Waals surface area contributed by atoms with Gasteiger partial charge in [0.15, 0.2) is 0 Å². The van der Waals surface area contributed by atoms with Crippen LogP contribution < -0.4 is 5.32 Å². The molecule has 1 aliphatic heterocycles. The summed E-state index contributed by atoms with van der Waals surface area (Å²) in [6.07, 6.45) is 2.01. The lowest BCUT2D eigenvalue weighted by atomic mass is 9.76. The van der Waals surface area contributed by atoms with Crippen LogP contribution in [0.15, 0.2) is 0 Å². The van der Waals surface area contributed by atoms with Crippen LogP contribution in [-0.4, -0.2) is 47.1 Å². The summed E-state index contributed by atoms with van der Waals surface area (Å²) in [6.45, 7) is 7.99. The summed E-state index contributed by atoms with van der Waals surface area (Å²) >= 11 is 0. The highest BCUT2D eigenvalue weighted by molar-refractivity contribution is 5.89. The molecule has 0 bridgehead atoms. The first-order valence-electron chi connectivity index (χ1n) is 6.35. The molecule has 1 fully saturated rings. The third-order valence-corrected chi connectivity index (χ3v) is 4.07. The molecular formula is C13H24N2O3. The molecule has 5 heteroatoms. The second-order valence-corrected chi connectivity index (χ2v) is 6.24. The second kappa shape index (κ2) is 4.88. The molecule has 1 unspecified atom stereocenters. The summed E-state index contributed by atoms with van der Waals surface area (Å²) in [4.78, 5) is 25.0. The van der Waals surface area contributed by atoms with Crippen molar-refractivity contribution >= 4 is 11.9 Å². The van der Waals surface area contributed by atoms with Crippen LogP contribution in [0.3, 0.4) is 0 Å². The van der Waals surface area contributed by atoms with Crippen LogP contribution in [0.1, 0.15) is 40.5 Å². The Kier molecular flexibility index (Phi) is 4.05. The third kappa shape index (κ3) is 2.66. The number of nitrogens with zero attached hydrogens (tertiary/aromatic N) is 1. The maximum atomic E-state index is 12.5. The van der Waals surface area contributed by atoms with Gasteiger partial charge in [-0.1, -0.05) is 13.8 Å². The van der Waals surface area contributed by atoms with Crippen molar-refractivity contribution in [2.45, 2.75) is 52.1 Å². The highest BCUT2D eigenvalue weighted by Gasteiger charge is 2.43. The summed E-state index contributed by atoms with van der Waals surface area (Å²) in [5, 5.41) is 12.4. The highest BCUT2D eigenvalue weighted by Crippen LogP contribution is 2.32. The van der Waals surface area contributed by atoms with E-state index in [0.717, 1.165) is 19.4 Å². The fourth-order valence-corrected chi connectivity index (χ4v) is 2.25. The molecule has 5 nitrogen and oxygen atoms in total. The standard InChI is InChI=1S/C13H24N2O3/c1-12(2)7-6-8-14-9(12)10(16)15(5)13(3,4)11(17)18/h9,14H,6-8H2,1-5H3,(H,17,18). The Labute approximate surface area is 109 Å². The van der Waals surface area contributed by atoms with E-state index in [2.05, 4.69) is 5.32 Å². The van der Waals surface area contributed by atoms with Gasteiger partial charge in [-0.2, -0.15) is 0 Å². The van der Waals surface area contributed by atoms with Gasteiger partial charge < -0.3 is 15.3 Å². The Balaban J connectivity index is 2.90. The molecule has 0 radical (unpaired) electrons. The fourth-order valence-electron chi connectivity index (χ4n) is 2.25. The molecule has 1 amide bonds. The molecule has 1 heterocycles. The van der Waals surface area contributed by atoms with E-state index in [1.807, 2.05) is 13.8 Å². The van der Waals surface area contributed by atoms with Gasteiger partial charge in [0.2, 0.25) is 5.91 Å². The van der Waals surface area contributed by atoms with Crippen molar-refractivity contribution in [1.29, 1.82) is 0 Å². The van der Waals surface area contributed by atoms with E-state index in [1.54, 1.807) is 20.9 Å². The van der Waals surface area contributed by atoms with E-state index in [4.69, 9.17) is 0 Å². The smallest absolute Gasteiger partial charge is 0.329 e. The van der Waals surface area contributed by atoms with Crippen LogP contribution in [-0.2, 0) is 9.59 Å². The van der Waals surface area contributed by atoms with Gasteiger partial charge in [-0.05, 0) is 38.6 Å². The number of piperidine rings is 1. The Morgan fingerprint density at radius 2 is 1.94 bits per heavy atom. The zero-order valence-corrected chi connectivity index (χ0v) is 11.9. The summed E-state index contributed by atoms with van der Waals surface area (Å²) < 4.78 is 0. The molecule has 104 valence electrons. The number of carboxylic acid groups (broad SMARTS) is 1. The van der Waals surface area contributed by atoms with Crippen LogP contribution in [0.5, 0.6) is 0 Å². The van der Waals surface area contributed by atoms with Crippen molar-refractivity contribution in [3.05, 3.63) is 0 Å². The number of hydrogen-bond donors (Lipinski definition) is 2. The van der Waals surface area contributed by atoms with Crippen molar-refractivity contribution in [1.82, 2.24) is 10.2 Å². The van der Waals surface area contributed by atoms with Gasteiger partial charge in [-0.3, -0.25) is 4.79 Å². The molecule has 0 aromatic heterocycles. The predicted molar refractivity (Wildman–Crippen MR) is 69.3 cm³/mol. The lowest BCUT2D eigenvalue weighted by Crippen LogP contribution is -2.61. The van der Waals surface area contributed by atoms with Gasteiger partial charge in [0.25, 0.3) is 0 Å². The molecule has 1 aliphatic rings. The minimum Gasteiger partial charge on any atom is -0.480 e. The van der Waals surface area contributed by atoms with Gasteiger partial charge in [0, 0.05) is 7.05 Å². The molecule has 1 rings (SSSR count). The summed E-state index contributed by atoms with van der Waals surface area (Å²) in [6, 6.07) is -0.310. The maximum Gasteiger partial charge on any atom is 0.329 e. The van der Waals surface area contributed by atoms with Gasteiger partial charge in [0.1, 0.15) is 5.54 Å². The molecular weight excluding hydrogens is 232 g/mol. The van der Waals surface area contributed by atoms with Crippen molar-refractivity contribution in [3.8, 4) is 0 Å². The zero-order valence-electron chi connectivity index (χ0n) is 11.9. The molecule has 0 aliphatic carbocycles. The molecule has 0 aromatic rings. The van der Waals surface area contributed by atoms with E-state index >= 15 is 0 Å². The summed E-state index contributed by atoms with van der Waals surface area (Å²) in [7, 11) is 1.56. The second-order valence-electron chi connectivity index (χ2n) is 6.24. The number of carbonyl (C=O) groups excluding carboxylic acids is 1. The van der Waals surface area contributed by atoms with Crippen LogP contribution in [0.4, 0.5) is 0 Å². The summed E-state index contributed by atoms with van der Waals surface area (Å²) in [5.74, 6) is -1.14. The van der Waals surface area contributed by atoms with E-state index < -0.39 is 11.5 Å². The molecule has 1 saturated heterocycles. The van der Waals surface area contributed by atoms with Crippen molar-refractivity contribution in [2.24, 2.45) is 5.41 Å². The van der Waals surface area contributed by atoms with Gasteiger partial charge in [-0.15, -0.1) is 0 Å². The lowest BCUT2D eigenvalue weighted by molar-refractivity contribution is -0.157. The minimum absolute atomic E-state index is 0.141. The average Bonchev–Trinajstić information content (AvgIpc) is 2.26. The van der Waals surface area contributed by atoms with Crippen LogP contribution >= 0.6 is 0 Å². The van der Waals surface area contributed by atoms with Gasteiger partial charge in [0.05, 0.1) is 6.04 Å².